The molecule has 0 radical (unpaired) electrons. The largest absolute Gasteiger partial charge is 0.489 e. The van der Waals surface area contributed by atoms with Gasteiger partial charge in [0, 0.05) is 0 Å². The van der Waals surface area contributed by atoms with Crippen LogP contribution >= 0.6 is 11.3 Å². The van der Waals surface area contributed by atoms with Crippen LogP contribution < -0.4 is 10.1 Å². The topological polar surface area (TPSA) is 81.4 Å². The molecule has 0 spiro atoms. The number of anilines is 1. The molecule has 22 heavy (non-hydrogen) atoms. The Morgan fingerprint density at radius 1 is 1.32 bits per heavy atom. The Morgan fingerprint density at radius 3 is 2.82 bits per heavy atom. The van der Waals surface area contributed by atoms with E-state index >= 15 is 0 Å². The van der Waals surface area contributed by atoms with Crippen LogP contribution in [0.25, 0.3) is 4.96 Å². The van der Waals surface area contributed by atoms with E-state index in [-0.39, 0.29) is 12.0 Å². The van der Waals surface area contributed by atoms with Gasteiger partial charge in [0.05, 0.1) is 11.8 Å². The van der Waals surface area contributed by atoms with Gasteiger partial charge in [-0.15, -0.1) is 15.3 Å². The predicted octanol–water partition coefficient (Wildman–Crippen LogP) is 2.53. The summed E-state index contributed by atoms with van der Waals surface area (Å²) in [5, 5.41) is 15.2. The number of hydrogen-bond acceptors (Lipinski definition) is 6. The number of carbonyl (C=O) groups excluding carboxylic acids is 1. The van der Waals surface area contributed by atoms with Gasteiger partial charge >= 0.3 is 0 Å². The summed E-state index contributed by atoms with van der Waals surface area (Å²) < 4.78 is 7.24. The Labute approximate surface area is 130 Å². The summed E-state index contributed by atoms with van der Waals surface area (Å²) in [4.78, 5) is 12.9. The van der Waals surface area contributed by atoms with Crippen molar-refractivity contribution in [2.75, 3.05) is 5.32 Å². The highest BCUT2D eigenvalue weighted by Gasteiger charge is 2.17. The molecule has 2 heterocycles. The van der Waals surface area contributed by atoms with Crippen molar-refractivity contribution in [2.24, 2.45) is 0 Å². The van der Waals surface area contributed by atoms with Gasteiger partial charge < -0.3 is 10.1 Å². The summed E-state index contributed by atoms with van der Waals surface area (Å²) in [6, 6.07) is 7.31. The fourth-order valence-electron chi connectivity index (χ4n) is 1.91. The highest BCUT2D eigenvalue weighted by atomic mass is 32.1. The normalized spacial score (nSPS) is 11.1. The molecule has 1 aromatic carbocycles. The minimum absolute atomic E-state index is 0.0231. The first-order valence-electron chi connectivity index (χ1n) is 6.80. The van der Waals surface area contributed by atoms with Crippen LogP contribution in [0.15, 0.2) is 24.3 Å². The molecule has 3 rings (SSSR count). The number of aromatic nitrogens is 4. The van der Waals surface area contributed by atoms with Gasteiger partial charge in [0.2, 0.25) is 9.97 Å². The van der Waals surface area contributed by atoms with Crippen molar-refractivity contribution >= 4 is 27.9 Å². The van der Waals surface area contributed by atoms with E-state index in [9.17, 15) is 4.79 Å². The number of amides is 1. The number of benzene rings is 1. The smallest absolute Gasteiger partial charge is 0.286 e. The van der Waals surface area contributed by atoms with Gasteiger partial charge in [0.15, 0.2) is 5.82 Å². The molecule has 0 aliphatic rings. The number of rotatable bonds is 4. The minimum atomic E-state index is -0.297. The molecule has 0 unspecified atom stereocenters. The maximum absolute atomic E-state index is 12.4. The van der Waals surface area contributed by atoms with E-state index in [2.05, 4.69) is 20.6 Å². The summed E-state index contributed by atoms with van der Waals surface area (Å²) in [5.41, 5.74) is 0.615. The minimum Gasteiger partial charge on any atom is -0.489 e. The van der Waals surface area contributed by atoms with Gasteiger partial charge in [-0.2, -0.15) is 4.52 Å². The second-order valence-electron chi connectivity index (χ2n) is 4.97. The highest BCUT2D eigenvalue weighted by Crippen LogP contribution is 2.26. The van der Waals surface area contributed by atoms with Crippen molar-refractivity contribution in [1.29, 1.82) is 0 Å². The van der Waals surface area contributed by atoms with Crippen molar-refractivity contribution in [3.05, 3.63) is 35.1 Å². The van der Waals surface area contributed by atoms with Gasteiger partial charge in [-0.1, -0.05) is 23.5 Å². The van der Waals surface area contributed by atoms with Crippen LogP contribution in [0, 0.1) is 6.92 Å². The summed E-state index contributed by atoms with van der Waals surface area (Å²) >= 11 is 1.19. The number of fused-ring (bicyclic) bond motifs is 1. The van der Waals surface area contributed by atoms with Crippen LogP contribution in [0.4, 0.5) is 5.69 Å². The summed E-state index contributed by atoms with van der Waals surface area (Å²) in [6.45, 7) is 5.65. The average molecular weight is 317 g/mol. The zero-order valence-electron chi connectivity index (χ0n) is 12.4. The Kier molecular flexibility index (Phi) is 3.76. The first-order valence-corrected chi connectivity index (χ1v) is 7.62. The lowest BCUT2D eigenvalue weighted by atomic mass is 10.3. The van der Waals surface area contributed by atoms with Crippen molar-refractivity contribution < 1.29 is 9.53 Å². The molecule has 0 bridgehead atoms. The second kappa shape index (κ2) is 5.72. The molecule has 2 aromatic heterocycles. The quantitative estimate of drug-likeness (QED) is 0.799. The maximum atomic E-state index is 12.4. The number of nitrogens with one attached hydrogen (secondary N) is 1. The van der Waals surface area contributed by atoms with Crippen molar-refractivity contribution in [3.63, 3.8) is 0 Å². The number of ether oxygens (including phenoxy) is 1. The monoisotopic (exact) mass is 317 g/mol. The standard InChI is InChI=1S/C14H15N5O2S/c1-8(2)21-11-7-5-4-6-10(11)15-12(20)13-18-19-9(3)16-17-14(19)22-13/h4-8H,1-3H3,(H,15,20). The predicted molar refractivity (Wildman–Crippen MR) is 83.6 cm³/mol. The molecule has 114 valence electrons. The molecule has 7 nitrogen and oxygen atoms in total. The summed E-state index contributed by atoms with van der Waals surface area (Å²) in [5.74, 6) is 0.980. The molecule has 1 amide bonds. The maximum Gasteiger partial charge on any atom is 0.286 e. The van der Waals surface area contributed by atoms with Crippen LogP contribution in [0.1, 0.15) is 29.5 Å². The van der Waals surface area contributed by atoms with Gasteiger partial charge in [-0.25, -0.2) is 0 Å². The molecule has 3 aromatic rings. The lowest BCUT2D eigenvalue weighted by molar-refractivity contribution is 0.102. The van der Waals surface area contributed by atoms with E-state index in [0.29, 0.717) is 27.2 Å². The van der Waals surface area contributed by atoms with Gasteiger partial charge in [-0.3, -0.25) is 4.79 Å². The van der Waals surface area contributed by atoms with Gasteiger partial charge in [0.25, 0.3) is 5.91 Å². The van der Waals surface area contributed by atoms with Crippen LogP contribution in [-0.4, -0.2) is 31.8 Å². The third kappa shape index (κ3) is 2.77. The van der Waals surface area contributed by atoms with Crippen LogP contribution in [0.2, 0.25) is 0 Å². The molecular weight excluding hydrogens is 302 g/mol. The first-order chi connectivity index (χ1) is 10.5. The summed E-state index contributed by atoms with van der Waals surface area (Å²) in [6.07, 6.45) is 0.0231. The van der Waals surface area contributed by atoms with E-state index in [0.717, 1.165) is 0 Å². The van der Waals surface area contributed by atoms with Crippen LogP contribution in [-0.2, 0) is 0 Å². The fraction of sp³-hybridized carbons (Fsp3) is 0.286. The summed E-state index contributed by atoms with van der Waals surface area (Å²) in [7, 11) is 0. The van der Waals surface area contributed by atoms with Crippen molar-refractivity contribution in [1.82, 2.24) is 19.8 Å². The van der Waals surface area contributed by atoms with Gasteiger partial charge in [-0.05, 0) is 32.9 Å². The van der Waals surface area contributed by atoms with E-state index in [1.165, 1.54) is 11.3 Å². The number of aryl methyl sites for hydroxylation is 1. The molecule has 0 aliphatic heterocycles. The number of carbonyl (C=O) groups is 1. The first kappa shape index (κ1) is 14.5. The third-order valence-electron chi connectivity index (χ3n) is 2.84. The molecule has 1 N–H and O–H groups in total. The van der Waals surface area contributed by atoms with Crippen molar-refractivity contribution in [2.45, 2.75) is 26.9 Å². The average Bonchev–Trinajstić information content (AvgIpc) is 3.03. The van der Waals surface area contributed by atoms with Crippen molar-refractivity contribution in [3.8, 4) is 5.75 Å². The number of hydrogen-bond donors (Lipinski definition) is 1. The molecule has 0 aliphatic carbocycles. The molecule has 0 saturated carbocycles. The highest BCUT2D eigenvalue weighted by molar-refractivity contribution is 7.18. The van der Waals surface area contributed by atoms with E-state index < -0.39 is 0 Å². The lowest BCUT2D eigenvalue weighted by Gasteiger charge is -2.14. The molecule has 0 atom stereocenters. The third-order valence-corrected chi connectivity index (χ3v) is 3.74. The van der Waals surface area contributed by atoms with Crippen LogP contribution in [0.3, 0.4) is 0 Å². The second-order valence-corrected chi connectivity index (χ2v) is 5.92. The van der Waals surface area contributed by atoms with E-state index in [1.807, 2.05) is 32.0 Å². The SMILES string of the molecule is Cc1nnc2sc(C(=O)Nc3ccccc3OC(C)C)nn12. The molecule has 8 heteroatoms. The zero-order valence-corrected chi connectivity index (χ0v) is 13.2. The Bertz CT molecular complexity index is 824. The number of nitrogens with zero attached hydrogens (tertiary/aromatic N) is 4. The fourth-order valence-corrected chi connectivity index (χ4v) is 2.69. The zero-order chi connectivity index (χ0) is 15.7. The van der Waals surface area contributed by atoms with Crippen LogP contribution in [0.5, 0.6) is 5.75 Å². The van der Waals surface area contributed by atoms with E-state index in [1.54, 1.807) is 17.5 Å². The Hall–Kier alpha value is -2.48. The molecule has 0 saturated heterocycles. The lowest BCUT2D eigenvalue weighted by Crippen LogP contribution is -2.14. The Morgan fingerprint density at radius 2 is 2.09 bits per heavy atom. The molecule has 0 fully saturated rings. The molecular formula is C14H15N5O2S. The van der Waals surface area contributed by atoms with Gasteiger partial charge in [0.1, 0.15) is 5.75 Å². The number of para-hydroxylation sites is 2. The Balaban J connectivity index is 1.84. The van der Waals surface area contributed by atoms with E-state index in [4.69, 9.17) is 4.74 Å².